The molecule has 2 aromatic carbocycles. The highest BCUT2D eigenvalue weighted by Crippen LogP contribution is 2.35. The van der Waals surface area contributed by atoms with Gasteiger partial charge in [-0.25, -0.2) is 0 Å². The number of benzene rings is 2. The van der Waals surface area contributed by atoms with E-state index in [1.165, 1.54) is 7.11 Å². The van der Waals surface area contributed by atoms with E-state index in [9.17, 15) is 14.4 Å². The second-order valence-electron chi connectivity index (χ2n) is 8.16. The summed E-state index contributed by atoms with van der Waals surface area (Å²) in [5.74, 6) is -0.0843. The molecule has 2 saturated heterocycles. The molecular formula is C24H26ClN3O4. The lowest BCUT2D eigenvalue weighted by Crippen LogP contribution is -2.48. The van der Waals surface area contributed by atoms with Crippen molar-refractivity contribution in [3.63, 3.8) is 0 Å². The van der Waals surface area contributed by atoms with Crippen LogP contribution in [-0.2, 0) is 9.59 Å². The first kappa shape index (κ1) is 22.1. The maximum absolute atomic E-state index is 13.1. The predicted octanol–water partition coefficient (Wildman–Crippen LogP) is 3.12. The maximum atomic E-state index is 13.1. The molecule has 2 heterocycles. The van der Waals surface area contributed by atoms with Crippen LogP contribution in [0.1, 0.15) is 29.6 Å². The van der Waals surface area contributed by atoms with E-state index < -0.39 is 5.92 Å². The summed E-state index contributed by atoms with van der Waals surface area (Å²) in [6.07, 6.45) is 1.55. The van der Waals surface area contributed by atoms with Crippen LogP contribution in [0.2, 0.25) is 5.02 Å². The van der Waals surface area contributed by atoms with Gasteiger partial charge in [-0.05, 0) is 43.2 Å². The molecule has 0 saturated carbocycles. The summed E-state index contributed by atoms with van der Waals surface area (Å²) in [6.45, 7) is 1.42. The lowest BCUT2D eigenvalue weighted by molar-refractivity contribution is -0.136. The van der Waals surface area contributed by atoms with Gasteiger partial charge in [-0.1, -0.05) is 29.8 Å². The van der Waals surface area contributed by atoms with Crippen molar-refractivity contribution >= 4 is 35.0 Å². The number of hydrogen-bond donors (Lipinski definition) is 1. The Hall–Kier alpha value is -3.06. The summed E-state index contributed by atoms with van der Waals surface area (Å²) in [6, 6.07) is 14.2. The fraction of sp³-hybridized carbons (Fsp3) is 0.375. The lowest BCUT2D eigenvalue weighted by atomic mass is 10.0. The minimum atomic E-state index is -0.401. The number of nitrogens with zero attached hydrogens (tertiary/aromatic N) is 2. The zero-order valence-electron chi connectivity index (χ0n) is 17.9. The Labute approximate surface area is 192 Å². The lowest BCUT2D eigenvalue weighted by Gasteiger charge is -2.33. The molecule has 0 aliphatic carbocycles. The van der Waals surface area contributed by atoms with Gasteiger partial charge >= 0.3 is 0 Å². The SMILES string of the molecule is COc1ccc(Cl)cc1N1CC(C(=O)N2CCC(NC(=O)c3ccccc3)CC2)CC1=O. The zero-order chi connectivity index (χ0) is 22.7. The molecule has 8 heteroatoms. The minimum absolute atomic E-state index is 0.0188. The smallest absolute Gasteiger partial charge is 0.251 e. The Kier molecular flexibility index (Phi) is 6.65. The second-order valence-corrected chi connectivity index (χ2v) is 8.60. The average molecular weight is 456 g/mol. The highest BCUT2D eigenvalue weighted by Gasteiger charge is 2.39. The van der Waals surface area contributed by atoms with Crippen molar-refractivity contribution in [3.8, 4) is 5.75 Å². The van der Waals surface area contributed by atoms with E-state index in [0.717, 1.165) is 0 Å². The van der Waals surface area contributed by atoms with Crippen LogP contribution in [0.25, 0.3) is 0 Å². The number of likely N-dealkylation sites (tertiary alicyclic amines) is 1. The Bertz CT molecular complexity index is 1010. The minimum Gasteiger partial charge on any atom is -0.495 e. The largest absolute Gasteiger partial charge is 0.495 e. The number of piperidine rings is 1. The first-order chi connectivity index (χ1) is 15.5. The summed E-state index contributed by atoms with van der Waals surface area (Å²) < 4.78 is 5.37. The molecule has 2 aliphatic rings. The van der Waals surface area contributed by atoms with E-state index in [2.05, 4.69) is 5.32 Å². The molecule has 168 valence electrons. The van der Waals surface area contributed by atoms with Crippen molar-refractivity contribution in [2.45, 2.75) is 25.3 Å². The van der Waals surface area contributed by atoms with Crippen molar-refractivity contribution in [2.75, 3.05) is 31.6 Å². The third-order valence-electron chi connectivity index (χ3n) is 6.08. The third kappa shape index (κ3) is 4.72. The summed E-state index contributed by atoms with van der Waals surface area (Å²) in [5.41, 5.74) is 1.22. The number of ether oxygens (including phenoxy) is 1. The molecule has 7 nitrogen and oxygen atoms in total. The molecule has 4 rings (SSSR count). The molecule has 1 unspecified atom stereocenters. The fourth-order valence-corrected chi connectivity index (χ4v) is 4.51. The maximum Gasteiger partial charge on any atom is 0.251 e. The molecule has 2 aromatic rings. The standard InChI is InChI=1S/C24H26ClN3O4/c1-32-21-8-7-18(25)14-20(21)28-15-17(13-22(28)29)24(31)27-11-9-19(10-12-27)26-23(30)16-5-3-2-4-6-16/h2-8,14,17,19H,9-13,15H2,1H3,(H,26,30). The molecule has 32 heavy (non-hydrogen) atoms. The van der Waals surface area contributed by atoms with Crippen LogP contribution >= 0.6 is 11.6 Å². The molecule has 1 N–H and O–H groups in total. The van der Waals surface area contributed by atoms with Crippen molar-refractivity contribution in [1.29, 1.82) is 0 Å². The Morgan fingerprint density at radius 3 is 2.50 bits per heavy atom. The molecule has 2 fully saturated rings. The highest BCUT2D eigenvalue weighted by molar-refractivity contribution is 6.31. The van der Waals surface area contributed by atoms with Crippen molar-refractivity contribution in [3.05, 3.63) is 59.1 Å². The van der Waals surface area contributed by atoms with Crippen molar-refractivity contribution in [2.24, 2.45) is 5.92 Å². The van der Waals surface area contributed by atoms with Crippen LogP contribution in [-0.4, -0.2) is 55.4 Å². The molecule has 0 aromatic heterocycles. The number of rotatable bonds is 5. The Morgan fingerprint density at radius 1 is 1.09 bits per heavy atom. The number of hydrogen-bond acceptors (Lipinski definition) is 4. The predicted molar refractivity (Wildman–Crippen MR) is 122 cm³/mol. The normalized spacial score (nSPS) is 19.2. The van der Waals surface area contributed by atoms with E-state index in [0.29, 0.717) is 54.5 Å². The number of methoxy groups -OCH3 is 1. The van der Waals surface area contributed by atoms with E-state index in [4.69, 9.17) is 16.3 Å². The van der Waals surface area contributed by atoms with Crippen LogP contribution in [0.5, 0.6) is 5.75 Å². The Morgan fingerprint density at radius 2 is 1.81 bits per heavy atom. The number of nitrogens with one attached hydrogen (secondary N) is 1. The van der Waals surface area contributed by atoms with E-state index in [-0.39, 0.29) is 30.2 Å². The number of amides is 3. The van der Waals surface area contributed by atoms with Crippen LogP contribution in [0.4, 0.5) is 5.69 Å². The first-order valence-electron chi connectivity index (χ1n) is 10.7. The van der Waals surface area contributed by atoms with Gasteiger partial charge < -0.3 is 19.9 Å². The third-order valence-corrected chi connectivity index (χ3v) is 6.32. The number of carbonyl (C=O) groups is 3. The highest BCUT2D eigenvalue weighted by atomic mass is 35.5. The van der Waals surface area contributed by atoms with Gasteiger partial charge in [0.05, 0.1) is 18.7 Å². The van der Waals surface area contributed by atoms with Crippen LogP contribution in [0, 0.1) is 5.92 Å². The van der Waals surface area contributed by atoms with Gasteiger partial charge in [0.15, 0.2) is 0 Å². The van der Waals surface area contributed by atoms with Gasteiger partial charge in [0.1, 0.15) is 5.75 Å². The summed E-state index contributed by atoms with van der Waals surface area (Å²) in [4.78, 5) is 41.5. The topological polar surface area (TPSA) is 79.0 Å². The number of carbonyl (C=O) groups excluding carboxylic acids is 3. The molecule has 2 aliphatic heterocycles. The van der Waals surface area contributed by atoms with Gasteiger partial charge in [-0.3, -0.25) is 14.4 Å². The van der Waals surface area contributed by atoms with Gasteiger partial charge in [0.2, 0.25) is 11.8 Å². The fourth-order valence-electron chi connectivity index (χ4n) is 4.34. The quantitative estimate of drug-likeness (QED) is 0.751. The van der Waals surface area contributed by atoms with E-state index in [1.807, 2.05) is 23.1 Å². The molecule has 1 atom stereocenters. The zero-order valence-corrected chi connectivity index (χ0v) is 18.7. The molecule has 0 radical (unpaired) electrons. The summed E-state index contributed by atoms with van der Waals surface area (Å²) in [5, 5.41) is 3.55. The van der Waals surface area contributed by atoms with E-state index in [1.54, 1.807) is 35.2 Å². The molecule has 0 spiro atoms. The van der Waals surface area contributed by atoms with Crippen molar-refractivity contribution in [1.82, 2.24) is 10.2 Å². The second kappa shape index (κ2) is 9.61. The monoisotopic (exact) mass is 455 g/mol. The number of halogens is 1. The molecule has 0 bridgehead atoms. The molecular weight excluding hydrogens is 430 g/mol. The summed E-state index contributed by atoms with van der Waals surface area (Å²) >= 11 is 6.11. The average Bonchev–Trinajstić information content (AvgIpc) is 3.21. The van der Waals surface area contributed by atoms with Gasteiger partial charge in [-0.15, -0.1) is 0 Å². The van der Waals surface area contributed by atoms with Gasteiger partial charge in [-0.2, -0.15) is 0 Å². The Balaban J connectivity index is 1.33. The van der Waals surface area contributed by atoms with Gasteiger partial charge in [0, 0.05) is 42.7 Å². The van der Waals surface area contributed by atoms with Crippen LogP contribution in [0.3, 0.4) is 0 Å². The molecule has 3 amide bonds. The summed E-state index contributed by atoms with van der Waals surface area (Å²) in [7, 11) is 1.54. The van der Waals surface area contributed by atoms with Crippen molar-refractivity contribution < 1.29 is 19.1 Å². The van der Waals surface area contributed by atoms with Crippen LogP contribution < -0.4 is 15.0 Å². The van der Waals surface area contributed by atoms with E-state index >= 15 is 0 Å². The first-order valence-corrected chi connectivity index (χ1v) is 11.1. The number of anilines is 1. The van der Waals surface area contributed by atoms with Gasteiger partial charge in [0.25, 0.3) is 5.91 Å². The van der Waals surface area contributed by atoms with Crippen LogP contribution in [0.15, 0.2) is 48.5 Å².